The Morgan fingerprint density at radius 1 is 1.50 bits per heavy atom. The summed E-state index contributed by atoms with van der Waals surface area (Å²) in [6.07, 6.45) is 2.42. The van der Waals surface area contributed by atoms with E-state index in [4.69, 9.17) is 4.74 Å². The number of carbonyl (C=O) groups is 1. The Balaban J connectivity index is 2.14. The van der Waals surface area contributed by atoms with Gasteiger partial charge in [-0.2, -0.15) is 0 Å². The summed E-state index contributed by atoms with van der Waals surface area (Å²) >= 11 is 2.97. The highest BCUT2D eigenvalue weighted by Gasteiger charge is 2.12. The summed E-state index contributed by atoms with van der Waals surface area (Å²) < 4.78 is 6.13. The summed E-state index contributed by atoms with van der Waals surface area (Å²) in [5.41, 5.74) is 1.47. The molecular formula is C15H17N3O2S2. The summed E-state index contributed by atoms with van der Waals surface area (Å²) in [4.78, 5) is 12.3. The zero-order chi connectivity index (χ0) is 15.9. The summed E-state index contributed by atoms with van der Waals surface area (Å²) in [6, 6.07) is 5.31. The van der Waals surface area contributed by atoms with Crippen LogP contribution in [0.3, 0.4) is 0 Å². The number of anilines is 1. The molecule has 0 fully saturated rings. The van der Waals surface area contributed by atoms with E-state index < -0.39 is 0 Å². The van der Waals surface area contributed by atoms with Crippen molar-refractivity contribution in [2.75, 3.05) is 18.2 Å². The third kappa shape index (κ3) is 4.08. The molecule has 7 heteroatoms. The van der Waals surface area contributed by atoms with Crippen LogP contribution in [-0.4, -0.2) is 29.0 Å². The van der Waals surface area contributed by atoms with Crippen molar-refractivity contribution in [3.8, 4) is 5.75 Å². The normalized spacial score (nSPS) is 10.3. The standard InChI is InChI=1S/C15H17N3O2S2/c1-4-6-10-9-11(7-8-12(10)20-3)13(19)16-14-17-18-15(22-14)21-5-2/h4,7-9H,1,5-6H2,2-3H3,(H,16,17,19). The Bertz CT molecular complexity index is 671. The number of allylic oxidation sites excluding steroid dienone is 1. The average molecular weight is 335 g/mol. The number of carbonyl (C=O) groups excluding carboxylic acids is 1. The number of benzene rings is 1. The van der Waals surface area contributed by atoms with Gasteiger partial charge in [-0.1, -0.05) is 36.1 Å². The lowest BCUT2D eigenvalue weighted by atomic mass is 10.1. The predicted octanol–water partition coefficient (Wildman–Crippen LogP) is 3.64. The summed E-state index contributed by atoms with van der Waals surface area (Å²) in [5, 5.41) is 11.2. The number of ether oxygens (including phenoxy) is 1. The molecule has 0 aliphatic heterocycles. The molecule has 0 aliphatic rings. The van der Waals surface area contributed by atoms with Crippen LogP contribution in [0.25, 0.3) is 0 Å². The molecule has 2 aromatic rings. The maximum Gasteiger partial charge on any atom is 0.257 e. The molecule has 2 rings (SSSR count). The fraction of sp³-hybridized carbons (Fsp3) is 0.267. The van der Waals surface area contributed by atoms with Gasteiger partial charge in [0, 0.05) is 5.56 Å². The number of nitrogens with one attached hydrogen (secondary N) is 1. The van der Waals surface area contributed by atoms with E-state index in [9.17, 15) is 4.79 Å². The van der Waals surface area contributed by atoms with Crippen molar-refractivity contribution in [1.29, 1.82) is 0 Å². The molecule has 1 heterocycles. The van der Waals surface area contributed by atoms with Gasteiger partial charge >= 0.3 is 0 Å². The van der Waals surface area contributed by atoms with Crippen LogP contribution in [0.2, 0.25) is 0 Å². The fourth-order valence-corrected chi connectivity index (χ4v) is 3.49. The van der Waals surface area contributed by atoms with E-state index in [0.717, 1.165) is 21.4 Å². The molecule has 116 valence electrons. The lowest BCUT2D eigenvalue weighted by Crippen LogP contribution is -2.12. The smallest absolute Gasteiger partial charge is 0.257 e. The first-order valence-corrected chi connectivity index (χ1v) is 8.53. The van der Waals surface area contributed by atoms with Gasteiger partial charge in [-0.05, 0) is 35.9 Å². The van der Waals surface area contributed by atoms with Crippen LogP contribution in [0.15, 0.2) is 35.2 Å². The molecule has 1 aromatic carbocycles. The molecule has 0 bridgehead atoms. The quantitative estimate of drug-likeness (QED) is 0.475. The molecule has 0 aliphatic carbocycles. The number of hydrogen-bond acceptors (Lipinski definition) is 6. The molecule has 0 unspecified atom stereocenters. The van der Waals surface area contributed by atoms with Gasteiger partial charge in [0.15, 0.2) is 4.34 Å². The van der Waals surface area contributed by atoms with Gasteiger partial charge in [0.25, 0.3) is 5.91 Å². The second kappa shape index (κ2) is 7.95. The van der Waals surface area contributed by atoms with Gasteiger partial charge in [-0.15, -0.1) is 16.8 Å². The van der Waals surface area contributed by atoms with Crippen LogP contribution < -0.4 is 10.1 Å². The Morgan fingerprint density at radius 2 is 2.32 bits per heavy atom. The summed E-state index contributed by atoms with van der Waals surface area (Å²) in [6.45, 7) is 5.76. The number of nitrogens with zero attached hydrogens (tertiary/aromatic N) is 2. The van der Waals surface area contributed by atoms with E-state index in [1.54, 1.807) is 43.1 Å². The van der Waals surface area contributed by atoms with E-state index in [1.807, 2.05) is 6.92 Å². The van der Waals surface area contributed by atoms with Gasteiger partial charge < -0.3 is 4.74 Å². The topological polar surface area (TPSA) is 64.1 Å². The molecule has 1 N–H and O–H groups in total. The second-order valence-corrected chi connectivity index (χ2v) is 6.77. The van der Waals surface area contributed by atoms with Crippen LogP contribution in [0.1, 0.15) is 22.8 Å². The molecule has 0 radical (unpaired) electrons. The van der Waals surface area contributed by atoms with Crippen molar-refractivity contribution >= 4 is 34.1 Å². The number of amides is 1. The molecule has 22 heavy (non-hydrogen) atoms. The Labute approximate surface area is 137 Å². The Morgan fingerprint density at radius 3 is 3.00 bits per heavy atom. The van der Waals surface area contributed by atoms with Gasteiger partial charge in [0.05, 0.1) is 7.11 Å². The first kappa shape index (κ1) is 16.5. The van der Waals surface area contributed by atoms with E-state index in [-0.39, 0.29) is 5.91 Å². The first-order valence-electron chi connectivity index (χ1n) is 6.73. The fourth-order valence-electron chi connectivity index (χ4n) is 1.85. The van der Waals surface area contributed by atoms with Crippen molar-refractivity contribution < 1.29 is 9.53 Å². The van der Waals surface area contributed by atoms with Gasteiger partial charge in [-0.25, -0.2) is 0 Å². The first-order chi connectivity index (χ1) is 10.7. The van der Waals surface area contributed by atoms with Crippen LogP contribution in [0.5, 0.6) is 5.75 Å². The zero-order valence-electron chi connectivity index (χ0n) is 12.5. The van der Waals surface area contributed by atoms with Crippen LogP contribution in [0, 0.1) is 0 Å². The zero-order valence-corrected chi connectivity index (χ0v) is 14.1. The molecule has 0 saturated heterocycles. The van der Waals surface area contributed by atoms with E-state index >= 15 is 0 Å². The highest BCUT2D eigenvalue weighted by Crippen LogP contribution is 2.26. The SMILES string of the molecule is C=CCc1cc(C(=O)Nc2nnc(SCC)s2)ccc1OC. The Kier molecular flexibility index (Phi) is 5.97. The minimum atomic E-state index is -0.211. The van der Waals surface area contributed by atoms with Crippen molar-refractivity contribution in [2.24, 2.45) is 0 Å². The van der Waals surface area contributed by atoms with Gasteiger partial charge in [0.2, 0.25) is 5.13 Å². The number of thioether (sulfide) groups is 1. The van der Waals surface area contributed by atoms with E-state index in [0.29, 0.717) is 17.1 Å². The van der Waals surface area contributed by atoms with Crippen LogP contribution >= 0.6 is 23.1 Å². The number of hydrogen-bond donors (Lipinski definition) is 1. The average Bonchev–Trinajstić information content (AvgIpc) is 2.95. The minimum absolute atomic E-state index is 0.211. The number of methoxy groups -OCH3 is 1. The van der Waals surface area contributed by atoms with Gasteiger partial charge in [0.1, 0.15) is 5.75 Å². The largest absolute Gasteiger partial charge is 0.496 e. The molecule has 5 nitrogen and oxygen atoms in total. The van der Waals surface area contributed by atoms with Crippen molar-refractivity contribution in [3.63, 3.8) is 0 Å². The predicted molar refractivity (Wildman–Crippen MR) is 91.2 cm³/mol. The van der Waals surface area contributed by atoms with Crippen LogP contribution in [0.4, 0.5) is 5.13 Å². The highest BCUT2D eigenvalue weighted by atomic mass is 32.2. The highest BCUT2D eigenvalue weighted by molar-refractivity contribution is 8.01. The Hall–Kier alpha value is -1.86. The van der Waals surface area contributed by atoms with Crippen molar-refractivity contribution in [1.82, 2.24) is 10.2 Å². The molecule has 0 atom stereocenters. The van der Waals surface area contributed by atoms with Gasteiger partial charge in [-0.3, -0.25) is 10.1 Å². The maximum atomic E-state index is 12.3. The maximum absolute atomic E-state index is 12.3. The summed E-state index contributed by atoms with van der Waals surface area (Å²) in [7, 11) is 1.61. The molecule has 0 spiro atoms. The summed E-state index contributed by atoms with van der Waals surface area (Å²) in [5.74, 6) is 1.46. The van der Waals surface area contributed by atoms with Crippen molar-refractivity contribution in [3.05, 3.63) is 42.0 Å². The van der Waals surface area contributed by atoms with E-state index in [2.05, 4.69) is 22.1 Å². The van der Waals surface area contributed by atoms with Crippen molar-refractivity contribution in [2.45, 2.75) is 17.7 Å². The third-order valence-corrected chi connectivity index (χ3v) is 4.66. The monoisotopic (exact) mass is 335 g/mol. The van der Waals surface area contributed by atoms with Crippen LogP contribution in [-0.2, 0) is 6.42 Å². The lowest BCUT2D eigenvalue weighted by Gasteiger charge is -2.09. The molecular weight excluding hydrogens is 318 g/mol. The second-order valence-electron chi connectivity index (χ2n) is 4.28. The minimum Gasteiger partial charge on any atom is -0.496 e. The lowest BCUT2D eigenvalue weighted by molar-refractivity contribution is 0.102. The third-order valence-electron chi connectivity index (χ3n) is 2.80. The molecule has 1 aromatic heterocycles. The number of rotatable bonds is 7. The van der Waals surface area contributed by atoms with E-state index in [1.165, 1.54) is 11.3 Å². The molecule has 1 amide bonds. The number of aromatic nitrogens is 2. The molecule has 0 saturated carbocycles.